The molecule has 0 aliphatic heterocycles. The van der Waals surface area contributed by atoms with Gasteiger partial charge in [0.25, 0.3) is 0 Å². The van der Waals surface area contributed by atoms with Crippen LogP contribution in [0.2, 0.25) is 0 Å². The minimum absolute atomic E-state index is 0.0337. The van der Waals surface area contributed by atoms with Gasteiger partial charge in [0.2, 0.25) is 5.91 Å². The van der Waals surface area contributed by atoms with Crippen molar-refractivity contribution in [3.8, 4) is 0 Å². The van der Waals surface area contributed by atoms with Gasteiger partial charge in [0.1, 0.15) is 0 Å². The largest absolute Gasteiger partial charge is 0.353 e. The van der Waals surface area contributed by atoms with Crippen molar-refractivity contribution in [1.82, 2.24) is 10.2 Å². The smallest absolute Gasteiger partial charge is 0.237 e. The quantitative estimate of drug-likeness (QED) is 0.815. The maximum atomic E-state index is 12.2. The number of carbonyl (C=O) groups excluding carboxylic acids is 1. The maximum absolute atomic E-state index is 12.2. The summed E-state index contributed by atoms with van der Waals surface area (Å²) >= 11 is 0. The molecule has 1 rings (SSSR count). The summed E-state index contributed by atoms with van der Waals surface area (Å²) in [5.41, 5.74) is 7.10. The molecule has 2 atom stereocenters. The number of rotatable bonds is 6. The van der Waals surface area contributed by atoms with Crippen molar-refractivity contribution in [2.24, 2.45) is 11.7 Å². The first-order valence-electron chi connectivity index (χ1n) is 6.68. The van der Waals surface area contributed by atoms with Gasteiger partial charge in [-0.25, -0.2) is 0 Å². The number of nitrogens with one attached hydrogen (secondary N) is 1. The van der Waals surface area contributed by atoms with Crippen molar-refractivity contribution in [2.75, 3.05) is 20.6 Å². The Labute approximate surface area is 116 Å². The highest BCUT2D eigenvalue weighted by molar-refractivity contribution is 5.82. The van der Waals surface area contributed by atoms with E-state index in [-0.39, 0.29) is 23.9 Å². The molecule has 0 fully saturated rings. The van der Waals surface area contributed by atoms with Gasteiger partial charge in [-0.15, -0.1) is 0 Å². The van der Waals surface area contributed by atoms with Crippen LogP contribution in [0.3, 0.4) is 0 Å². The molecular weight excluding hydrogens is 238 g/mol. The zero-order valence-corrected chi connectivity index (χ0v) is 12.3. The van der Waals surface area contributed by atoms with Crippen molar-refractivity contribution in [3.63, 3.8) is 0 Å². The molecule has 1 aromatic rings. The molecule has 106 valence electrons. The average molecular weight is 263 g/mol. The maximum Gasteiger partial charge on any atom is 0.237 e. The monoisotopic (exact) mass is 263 g/mol. The lowest BCUT2D eigenvalue weighted by molar-refractivity contribution is -0.127. The molecule has 0 aliphatic rings. The fourth-order valence-electron chi connectivity index (χ4n) is 2.27. The molecular formula is C15H25N3O. The van der Waals surface area contributed by atoms with E-state index in [0.717, 1.165) is 5.56 Å². The SMILES string of the molecule is CC(C)C(C(=O)NCC(N)c1ccccc1)N(C)C. The summed E-state index contributed by atoms with van der Waals surface area (Å²) < 4.78 is 0. The van der Waals surface area contributed by atoms with Gasteiger partial charge in [0.15, 0.2) is 0 Å². The molecule has 19 heavy (non-hydrogen) atoms. The number of carbonyl (C=O) groups is 1. The third-order valence-corrected chi connectivity index (χ3v) is 3.18. The predicted octanol–water partition coefficient (Wildman–Crippen LogP) is 1.39. The van der Waals surface area contributed by atoms with Crippen molar-refractivity contribution < 1.29 is 4.79 Å². The molecule has 0 aromatic heterocycles. The van der Waals surface area contributed by atoms with Crippen LogP contribution in [0.4, 0.5) is 0 Å². The molecule has 0 heterocycles. The highest BCUT2D eigenvalue weighted by atomic mass is 16.2. The van der Waals surface area contributed by atoms with Crippen LogP contribution >= 0.6 is 0 Å². The lowest BCUT2D eigenvalue weighted by Crippen LogP contribution is -2.48. The lowest BCUT2D eigenvalue weighted by Gasteiger charge is -2.27. The summed E-state index contributed by atoms with van der Waals surface area (Å²) in [4.78, 5) is 14.1. The Morgan fingerprint density at radius 1 is 1.26 bits per heavy atom. The number of hydrogen-bond donors (Lipinski definition) is 2. The first-order chi connectivity index (χ1) is 8.93. The Morgan fingerprint density at radius 3 is 2.32 bits per heavy atom. The Hall–Kier alpha value is -1.39. The highest BCUT2D eigenvalue weighted by Crippen LogP contribution is 2.10. The zero-order chi connectivity index (χ0) is 14.4. The molecule has 0 radical (unpaired) electrons. The average Bonchev–Trinajstić information content (AvgIpc) is 2.36. The Kier molecular flexibility index (Phi) is 5.99. The van der Waals surface area contributed by atoms with Crippen LogP contribution in [-0.2, 0) is 4.79 Å². The third kappa shape index (κ3) is 4.65. The summed E-state index contributed by atoms with van der Waals surface area (Å²) in [6, 6.07) is 9.52. The van der Waals surface area contributed by atoms with Crippen LogP contribution in [0.1, 0.15) is 25.5 Å². The van der Waals surface area contributed by atoms with E-state index in [2.05, 4.69) is 5.32 Å². The van der Waals surface area contributed by atoms with Gasteiger partial charge in [-0.1, -0.05) is 44.2 Å². The van der Waals surface area contributed by atoms with Crippen molar-refractivity contribution in [2.45, 2.75) is 25.9 Å². The molecule has 0 bridgehead atoms. The topological polar surface area (TPSA) is 58.4 Å². The first kappa shape index (κ1) is 15.7. The minimum Gasteiger partial charge on any atom is -0.353 e. The summed E-state index contributed by atoms with van der Waals surface area (Å²) in [5, 5.41) is 2.94. The summed E-state index contributed by atoms with van der Waals surface area (Å²) in [7, 11) is 3.84. The van der Waals surface area contributed by atoms with E-state index in [9.17, 15) is 4.79 Å². The second-order valence-corrected chi connectivity index (χ2v) is 5.41. The molecule has 1 aromatic carbocycles. The summed E-state index contributed by atoms with van der Waals surface area (Å²) in [6.45, 7) is 4.54. The Balaban J connectivity index is 2.54. The van der Waals surface area contributed by atoms with Crippen LogP contribution in [-0.4, -0.2) is 37.5 Å². The molecule has 1 amide bonds. The van der Waals surface area contributed by atoms with Gasteiger partial charge in [-0.2, -0.15) is 0 Å². The fraction of sp³-hybridized carbons (Fsp3) is 0.533. The molecule has 2 unspecified atom stereocenters. The fourth-order valence-corrected chi connectivity index (χ4v) is 2.27. The molecule has 0 saturated heterocycles. The number of amides is 1. The number of likely N-dealkylation sites (N-methyl/N-ethyl adjacent to an activating group) is 1. The normalized spacial score (nSPS) is 14.5. The van der Waals surface area contributed by atoms with E-state index in [4.69, 9.17) is 5.73 Å². The molecule has 0 saturated carbocycles. The van der Waals surface area contributed by atoms with E-state index >= 15 is 0 Å². The standard InChI is InChI=1S/C15H25N3O/c1-11(2)14(18(3)4)15(19)17-10-13(16)12-8-6-5-7-9-12/h5-9,11,13-14H,10,16H2,1-4H3,(H,17,19). The number of nitrogens with two attached hydrogens (primary N) is 1. The van der Waals surface area contributed by atoms with Gasteiger partial charge in [-0.05, 0) is 25.6 Å². The van der Waals surface area contributed by atoms with Gasteiger partial charge in [-0.3, -0.25) is 9.69 Å². The lowest BCUT2D eigenvalue weighted by atomic mass is 10.0. The van der Waals surface area contributed by atoms with Crippen LogP contribution in [0.25, 0.3) is 0 Å². The molecule has 4 heteroatoms. The third-order valence-electron chi connectivity index (χ3n) is 3.18. The highest BCUT2D eigenvalue weighted by Gasteiger charge is 2.24. The molecule has 0 aliphatic carbocycles. The summed E-state index contributed by atoms with van der Waals surface area (Å²) in [5.74, 6) is 0.300. The number of hydrogen-bond acceptors (Lipinski definition) is 3. The Bertz CT molecular complexity index is 382. The van der Waals surface area contributed by atoms with Gasteiger partial charge in [0.05, 0.1) is 6.04 Å². The van der Waals surface area contributed by atoms with Crippen LogP contribution in [0.5, 0.6) is 0 Å². The van der Waals surface area contributed by atoms with Crippen LogP contribution < -0.4 is 11.1 Å². The minimum atomic E-state index is -0.167. The molecule has 4 nitrogen and oxygen atoms in total. The van der Waals surface area contributed by atoms with E-state index in [0.29, 0.717) is 6.54 Å². The number of benzene rings is 1. The number of nitrogens with zero attached hydrogens (tertiary/aromatic N) is 1. The van der Waals surface area contributed by atoms with E-state index in [1.54, 1.807) is 0 Å². The molecule has 0 spiro atoms. The Morgan fingerprint density at radius 2 is 1.84 bits per heavy atom. The van der Waals surface area contributed by atoms with E-state index < -0.39 is 0 Å². The predicted molar refractivity (Wildman–Crippen MR) is 78.7 cm³/mol. The van der Waals surface area contributed by atoms with E-state index in [1.165, 1.54) is 0 Å². The van der Waals surface area contributed by atoms with Crippen molar-refractivity contribution >= 4 is 5.91 Å². The van der Waals surface area contributed by atoms with Gasteiger partial charge < -0.3 is 11.1 Å². The van der Waals surface area contributed by atoms with E-state index in [1.807, 2.05) is 63.2 Å². The van der Waals surface area contributed by atoms with Gasteiger partial charge in [0, 0.05) is 12.6 Å². The van der Waals surface area contributed by atoms with Gasteiger partial charge >= 0.3 is 0 Å². The zero-order valence-electron chi connectivity index (χ0n) is 12.3. The first-order valence-corrected chi connectivity index (χ1v) is 6.68. The molecule has 3 N–H and O–H groups in total. The van der Waals surface area contributed by atoms with Crippen LogP contribution in [0, 0.1) is 5.92 Å². The van der Waals surface area contributed by atoms with Crippen LogP contribution in [0.15, 0.2) is 30.3 Å². The second-order valence-electron chi connectivity index (χ2n) is 5.41. The summed E-state index contributed by atoms with van der Waals surface area (Å²) in [6.07, 6.45) is 0. The van der Waals surface area contributed by atoms with Crippen molar-refractivity contribution in [3.05, 3.63) is 35.9 Å². The second kappa shape index (κ2) is 7.26. The van der Waals surface area contributed by atoms with Crippen molar-refractivity contribution in [1.29, 1.82) is 0 Å².